The van der Waals surface area contributed by atoms with Gasteiger partial charge in [0.25, 0.3) is 5.91 Å². The van der Waals surface area contributed by atoms with Crippen molar-refractivity contribution in [3.63, 3.8) is 0 Å². The number of hydrogen-bond acceptors (Lipinski definition) is 2. The van der Waals surface area contributed by atoms with Crippen molar-refractivity contribution in [2.45, 2.75) is 6.54 Å². The normalized spacial score (nSPS) is 10.6. The first kappa shape index (κ1) is 17.0. The molecule has 0 aliphatic heterocycles. The zero-order valence-corrected chi connectivity index (χ0v) is 15.4. The van der Waals surface area contributed by atoms with Crippen LogP contribution in [0.25, 0.3) is 11.3 Å². The smallest absolute Gasteiger partial charge is 0.269 e. The minimum atomic E-state index is -0.239. The molecule has 0 fully saturated rings. The van der Waals surface area contributed by atoms with E-state index in [0.29, 0.717) is 28.0 Å². The summed E-state index contributed by atoms with van der Waals surface area (Å²) in [6.45, 7) is 0.350. The second-order valence-corrected chi connectivity index (χ2v) is 6.83. The average molecular weight is 425 g/mol. The maximum Gasteiger partial charge on any atom is 0.269 e. The maximum atomic E-state index is 12.2. The summed E-state index contributed by atoms with van der Waals surface area (Å²) in [5.74, 6) is -0.239. The highest BCUT2D eigenvalue weighted by molar-refractivity contribution is 9.10. The van der Waals surface area contributed by atoms with Crippen molar-refractivity contribution in [3.8, 4) is 11.3 Å². The summed E-state index contributed by atoms with van der Waals surface area (Å²) < 4.78 is 0.987. The van der Waals surface area contributed by atoms with E-state index in [2.05, 4.69) is 31.4 Å². The monoisotopic (exact) mass is 423 g/mol. The highest BCUT2D eigenvalue weighted by Gasteiger charge is 2.11. The van der Waals surface area contributed by atoms with E-state index in [1.165, 1.54) is 0 Å². The van der Waals surface area contributed by atoms with Gasteiger partial charge in [-0.2, -0.15) is 5.10 Å². The molecule has 3 rings (SSSR count). The number of nitrogens with zero attached hydrogens (tertiary/aromatic N) is 1. The van der Waals surface area contributed by atoms with Crippen molar-refractivity contribution in [1.29, 1.82) is 0 Å². The Balaban J connectivity index is 1.67. The number of carbonyl (C=O) groups excluding carboxylic acids is 1. The van der Waals surface area contributed by atoms with E-state index in [-0.39, 0.29) is 5.91 Å². The third-order valence-corrected chi connectivity index (χ3v) is 4.67. The third kappa shape index (κ3) is 3.98. The van der Waals surface area contributed by atoms with Gasteiger partial charge in [0.15, 0.2) is 0 Å². The van der Waals surface area contributed by atoms with Gasteiger partial charge in [-0.25, -0.2) is 0 Å². The lowest BCUT2D eigenvalue weighted by Crippen LogP contribution is -2.23. The van der Waals surface area contributed by atoms with Crippen LogP contribution in [0.5, 0.6) is 0 Å². The first-order valence-electron chi connectivity index (χ1n) is 7.06. The molecule has 0 unspecified atom stereocenters. The number of halogens is 3. The molecular formula is C17H12BrCl2N3O. The highest BCUT2D eigenvalue weighted by Crippen LogP contribution is 2.23. The van der Waals surface area contributed by atoms with Crippen LogP contribution in [0.15, 0.2) is 53.0 Å². The second kappa shape index (κ2) is 7.38. The second-order valence-electron chi connectivity index (χ2n) is 5.10. The van der Waals surface area contributed by atoms with Crippen molar-refractivity contribution in [2.24, 2.45) is 0 Å². The molecule has 0 radical (unpaired) electrons. The van der Waals surface area contributed by atoms with Crippen LogP contribution in [-0.4, -0.2) is 16.1 Å². The Morgan fingerprint density at radius 3 is 2.54 bits per heavy atom. The predicted molar refractivity (Wildman–Crippen MR) is 99.4 cm³/mol. The van der Waals surface area contributed by atoms with Gasteiger partial charge in [-0.1, -0.05) is 57.3 Å². The van der Waals surface area contributed by atoms with E-state index >= 15 is 0 Å². The summed E-state index contributed by atoms with van der Waals surface area (Å²) in [5, 5.41) is 10.7. The summed E-state index contributed by atoms with van der Waals surface area (Å²) in [5.41, 5.74) is 2.90. The Bertz CT molecular complexity index is 878. The average Bonchev–Trinajstić information content (AvgIpc) is 3.06. The van der Waals surface area contributed by atoms with Gasteiger partial charge in [0.05, 0.1) is 15.7 Å². The predicted octanol–water partition coefficient (Wildman–Crippen LogP) is 5.08. The Morgan fingerprint density at radius 2 is 1.83 bits per heavy atom. The molecule has 2 aromatic carbocycles. The molecule has 0 saturated carbocycles. The third-order valence-electron chi connectivity index (χ3n) is 3.40. The van der Waals surface area contributed by atoms with Gasteiger partial charge in [-0.15, -0.1) is 0 Å². The molecule has 0 bridgehead atoms. The van der Waals surface area contributed by atoms with Gasteiger partial charge < -0.3 is 5.32 Å². The van der Waals surface area contributed by atoms with Crippen LogP contribution in [0.2, 0.25) is 10.0 Å². The van der Waals surface area contributed by atoms with Gasteiger partial charge in [0.2, 0.25) is 0 Å². The first-order chi connectivity index (χ1) is 11.5. The van der Waals surface area contributed by atoms with Gasteiger partial charge >= 0.3 is 0 Å². The minimum Gasteiger partial charge on any atom is -0.347 e. The molecule has 24 heavy (non-hydrogen) atoms. The quantitative estimate of drug-likeness (QED) is 0.613. The molecule has 122 valence electrons. The fourth-order valence-electron chi connectivity index (χ4n) is 2.13. The lowest BCUT2D eigenvalue weighted by Gasteiger charge is -2.05. The summed E-state index contributed by atoms with van der Waals surface area (Å²) >= 11 is 15.2. The molecule has 7 heteroatoms. The fourth-order valence-corrected chi connectivity index (χ4v) is 2.72. The van der Waals surface area contributed by atoms with Crippen molar-refractivity contribution in [1.82, 2.24) is 15.5 Å². The minimum absolute atomic E-state index is 0.239. The molecule has 1 aromatic heterocycles. The molecule has 1 heterocycles. The molecule has 0 aliphatic carbocycles. The fraction of sp³-hybridized carbons (Fsp3) is 0.0588. The molecule has 0 spiro atoms. The Kier molecular flexibility index (Phi) is 5.23. The van der Waals surface area contributed by atoms with Gasteiger partial charge in [-0.05, 0) is 35.9 Å². The zero-order valence-electron chi connectivity index (χ0n) is 12.3. The number of benzene rings is 2. The molecule has 0 aliphatic rings. The number of rotatable bonds is 4. The van der Waals surface area contributed by atoms with E-state index in [1.807, 2.05) is 30.3 Å². The van der Waals surface area contributed by atoms with Crippen molar-refractivity contribution in [3.05, 3.63) is 74.3 Å². The SMILES string of the molecule is O=C(NCc1ccc(Cl)c(Cl)c1)c1cc(-c2ccc(Br)cc2)n[nH]1. The van der Waals surface area contributed by atoms with Crippen LogP contribution in [0.4, 0.5) is 0 Å². The maximum absolute atomic E-state index is 12.2. The Morgan fingerprint density at radius 1 is 1.08 bits per heavy atom. The number of carbonyl (C=O) groups is 1. The number of nitrogens with one attached hydrogen (secondary N) is 2. The Hall–Kier alpha value is -1.82. The lowest BCUT2D eigenvalue weighted by atomic mass is 10.1. The number of aromatic nitrogens is 2. The van der Waals surface area contributed by atoms with Crippen LogP contribution in [-0.2, 0) is 6.54 Å². The number of hydrogen-bond donors (Lipinski definition) is 2. The number of amides is 1. The van der Waals surface area contributed by atoms with E-state index in [9.17, 15) is 4.79 Å². The van der Waals surface area contributed by atoms with Crippen LogP contribution in [0, 0.1) is 0 Å². The highest BCUT2D eigenvalue weighted by atomic mass is 79.9. The zero-order chi connectivity index (χ0) is 17.1. The number of H-pyrrole nitrogens is 1. The topological polar surface area (TPSA) is 57.8 Å². The molecule has 0 atom stereocenters. The molecule has 2 N–H and O–H groups in total. The molecule has 4 nitrogen and oxygen atoms in total. The lowest BCUT2D eigenvalue weighted by molar-refractivity contribution is 0.0946. The van der Waals surface area contributed by atoms with E-state index in [1.54, 1.807) is 18.2 Å². The van der Waals surface area contributed by atoms with Crippen molar-refractivity contribution in [2.75, 3.05) is 0 Å². The van der Waals surface area contributed by atoms with Crippen molar-refractivity contribution >= 4 is 45.0 Å². The van der Waals surface area contributed by atoms with E-state index in [4.69, 9.17) is 23.2 Å². The Labute approximate surface area is 157 Å². The summed E-state index contributed by atoms with van der Waals surface area (Å²) in [6.07, 6.45) is 0. The summed E-state index contributed by atoms with van der Waals surface area (Å²) in [6, 6.07) is 14.7. The van der Waals surface area contributed by atoms with Crippen LogP contribution >= 0.6 is 39.1 Å². The summed E-state index contributed by atoms with van der Waals surface area (Å²) in [4.78, 5) is 12.2. The van der Waals surface area contributed by atoms with Crippen LogP contribution in [0.1, 0.15) is 16.1 Å². The van der Waals surface area contributed by atoms with E-state index < -0.39 is 0 Å². The summed E-state index contributed by atoms with van der Waals surface area (Å²) in [7, 11) is 0. The first-order valence-corrected chi connectivity index (χ1v) is 8.61. The van der Waals surface area contributed by atoms with Gasteiger partial charge in [-0.3, -0.25) is 9.89 Å². The largest absolute Gasteiger partial charge is 0.347 e. The standard InChI is InChI=1S/C17H12BrCl2N3O/c18-12-4-2-11(3-5-12)15-8-16(23-22-15)17(24)21-9-10-1-6-13(19)14(20)7-10/h1-8H,9H2,(H,21,24)(H,22,23). The van der Waals surface area contributed by atoms with Gasteiger partial charge in [0.1, 0.15) is 5.69 Å². The van der Waals surface area contributed by atoms with Crippen LogP contribution < -0.4 is 5.32 Å². The van der Waals surface area contributed by atoms with Gasteiger partial charge in [0, 0.05) is 16.6 Å². The number of aromatic amines is 1. The molecule has 0 saturated heterocycles. The van der Waals surface area contributed by atoms with Crippen LogP contribution in [0.3, 0.4) is 0 Å². The molecular weight excluding hydrogens is 413 g/mol. The van der Waals surface area contributed by atoms with Crippen molar-refractivity contribution < 1.29 is 4.79 Å². The van der Waals surface area contributed by atoms with E-state index in [0.717, 1.165) is 15.6 Å². The molecule has 3 aromatic rings. The molecule has 1 amide bonds.